The number of rotatable bonds is 13. The zero-order valence-corrected chi connectivity index (χ0v) is 16.6. The Kier molecular flexibility index (Phi) is 10.3. The summed E-state index contributed by atoms with van der Waals surface area (Å²) in [6, 6.07) is 20.3. The summed E-state index contributed by atoms with van der Waals surface area (Å²) in [7, 11) is 0. The Labute approximate surface area is 169 Å². The van der Waals surface area contributed by atoms with Gasteiger partial charge < -0.3 is 0 Å². The Balaban J connectivity index is 1.48. The van der Waals surface area contributed by atoms with Gasteiger partial charge in [0, 0.05) is 12.8 Å². The number of hydrogen-bond donors (Lipinski definition) is 0. The number of benzene rings is 2. The Morgan fingerprint density at radius 3 is 1.36 bits per heavy atom. The lowest BCUT2D eigenvalue weighted by Gasteiger charge is -1.99. The maximum Gasteiger partial charge on any atom is 0.155 e. The molecule has 2 aromatic rings. The second-order valence-corrected chi connectivity index (χ2v) is 7.03. The summed E-state index contributed by atoms with van der Waals surface area (Å²) in [4.78, 5) is 23.7. The number of hydrogen-bond acceptors (Lipinski definition) is 2. The zero-order chi connectivity index (χ0) is 19.9. The normalized spacial score (nSPS) is 11.3. The average molecular weight is 375 g/mol. The molecule has 0 saturated heterocycles. The Morgan fingerprint density at radius 1 is 0.571 bits per heavy atom. The molecule has 0 atom stereocenters. The van der Waals surface area contributed by atoms with Crippen molar-refractivity contribution in [1.82, 2.24) is 0 Å². The third-order valence-corrected chi connectivity index (χ3v) is 4.60. The minimum Gasteiger partial charge on any atom is -0.295 e. The Bertz CT molecular complexity index is 690. The third-order valence-electron chi connectivity index (χ3n) is 4.60. The lowest BCUT2D eigenvalue weighted by Crippen LogP contribution is -1.95. The highest BCUT2D eigenvalue weighted by Crippen LogP contribution is 2.08. The van der Waals surface area contributed by atoms with Crippen molar-refractivity contribution in [2.24, 2.45) is 0 Å². The van der Waals surface area contributed by atoms with Crippen molar-refractivity contribution < 1.29 is 9.59 Å². The van der Waals surface area contributed by atoms with Crippen LogP contribution in [0.2, 0.25) is 0 Å². The van der Waals surface area contributed by atoms with Gasteiger partial charge >= 0.3 is 0 Å². The summed E-state index contributed by atoms with van der Waals surface area (Å²) in [5.74, 6) is 0.381. The molecule has 146 valence electrons. The fourth-order valence-electron chi connectivity index (χ4n) is 3.00. The molecule has 28 heavy (non-hydrogen) atoms. The second kappa shape index (κ2) is 13.4. The first kappa shape index (κ1) is 21.6. The van der Waals surface area contributed by atoms with Crippen LogP contribution in [-0.4, -0.2) is 11.6 Å². The van der Waals surface area contributed by atoms with E-state index in [1.807, 2.05) is 48.6 Å². The second-order valence-electron chi connectivity index (χ2n) is 7.03. The molecule has 0 amide bonds. The molecule has 0 unspecified atom stereocenters. The van der Waals surface area contributed by atoms with E-state index in [4.69, 9.17) is 0 Å². The molecule has 0 N–H and O–H groups in total. The molecule has 0 aromatic heterocycles. The lowest BCUT2D eigenvalue weighted by atomic mass is 10.1. The van der Waals surface area contributed by atoms with Crippen LogP contribution in [0.5, 0.6) is 0 Å². The van der Waals surface area contributed by atoms with Gasteiger partial charge in [0.2, 0.25) is 0 Å². The van der Waals surface area contributed by atoms with Gasteiger partial charge in [0.05, 0.1) is 0 Å². The van der Waals surface area contributed by atoms with E-state index in [0.717, 1.165) is 38.5 Å². The first-order valence-electron chi connectivity index (χ1n) is 10.2. The van der Waals surface area contributed by atoms with Crippen molar-refractivity contribution >= 4 is 11.6 Å². The Hall–Kier alpha value is -2.74. The molecule has 0 radical (unpaired) electrons. The van der Waals surface area contributed by atoms with Crippen LogP contribution in [0.25, 0.3) is 0 Å². The van der Waals surface area contributed by atoms with Crippen LogP contribution in [0.15, 0.2) is 85.0 Å². The number of allylic oxidation sites excluding steroid dienone is 4. The van der Waals surface area contributed by atoms with E-state index in [2.05, 4.69) is 24.3 Å². The van der Waals surface area contributed by atoms with E-state index in [0.29, 0.717) is 12.8 Å². The van der Waals surface area contributed by atoms with E-state index in [1.165, 1.54) is 11.1 Å². The van der Waals surface area contributed by atoms with Crippen LogP contribution in [0, 0.1) is 0 Å². The number of carbonyl (C=O) groups excluding carboxylic acids is 2. The zero-order valence-electron chi connectivity index (χ0n) is 16.6. The Morgan fingerprint density at radius 2 is 0.964 bits per heavy atom. The summed E-state index contributed by atoms with van der Waals surface area (Å²) in [6.45, 7) is 0. The standard InChI is InChI=1S/C26H30O2/c27-25(21-11-17-23-13-5-3-6-14-23)19-9-1-2-10-20-26(28)22-12-18-24-15-7-4-8-16-24/h3-8,11-16,21-22H,1-2,9-10,17-20H2/b21-11+,22-12+. The molecule has 0 saturated carbocycles. The summed E-state index contributed by atoms with van der Waals surface area (Å²) >= 11 is 0. The van der Waals surface area contributed by atoms with Gasteiger partial charge in [-0.3, -0.25) is 9.59 Å². The SMILES string of the molecule is O=C(/C=C/Cc1ccccc1)CCCCCCC(=O)/C=C/Cc1ccccc1. The largest absolute Gasteiger partial charge is 0.295 e. The van der Waals surface area contributed by atoms with Gasteiger partial charge in [-0.05, 0) is 49.0 Å². The van der Waals surface area contributed by atoms with E-state index < -0.39 is 0 Å². The maximum absolute atomic E-state index is 11.9. The van der Waals surface area contributed by atoms with Gasteiger partial charge in [-0.1, -0.05) is 85.7 Å². The first-order valence-corrected chi connectivity index (χ1v) is 10.2. The predicted molar refractivity (Wildman–Crippen MR) is 116 cm³/mol. The molecule has 0 aliphatic carbocycles. The third kappa shape index (κ3) is 9.82. The van der Waals surface area contributed by atoms with Gasteiger partial charge in [0.1, 0.15) is 0 Å². The molecule has 0 heterocycles. The number of carbonyl (C=O) groups is 2. The van der Waals surface area contributed by atoms with Crippen LogP contribution < -0.4 is 0 Å². The predicted octanol–water partition coefficient (Wildman–Crippen LogP) is 6.06. The van der Waals surface area contributed by atoms with Crippen LogP contribution in [0.1, 0.15) is 49.7 Å². The van der Waals surface area contributed by atoms with Crippen LogP contribution in [-0.2, 0) is 22.4 Å². The summed E-state index contributed by atoms with van der Waals surface area (Å²) in [5.41, 5.74) is 2.43. The molecule has 0 bridgehead atoms. The first-order chi connectivity index (χ1) is 13.7. The van der Waals surface area contributed by atoms with Crippen LogP contribution in [0.4, 0.5) is 0 Å². The quantitative estimate of drug-likeness (QED) is 0.315. The van der Waals surface area contributed by atoms with Gasteiger partial charge in [0.25, 0.3) is 0 Å². The van der Waals surface area contributed by atoms with Gasteiger partial charge in [-0.2, -0.15) is 0 Å². The smallest absolute Gasteiger partial charge is 0.155 e. The monoisotopic (exact) mass is 374 g/mol. The molecule has 0 aliphatic rings. The van der Waals surface area contributed by atoms with Crippen molar-refractivity contribution in [3.8, 4) is 0 Å². The molecule has 0 aliphatic heterocycles. The van der Waals surface area contributed by atoms with Gasteiger partial charge in [-0.25, -0.2) is 0 Å². The van der Waals surface area contributed by atoms with Crippen molar-refractivity contribution in [3.05, 3.63) is 96.1 Å². The van der Waals surface area contributed by atoms with E-state index in [1.54, 1.807) is 12.2 Å². The molecular weight excluding hydrogens is 344 g/mol. The van der Waals surface area contributed by atoms with Gasteiger partial charge in [0.15, 0.2) is 11.6 Å². The molecule has 2 heteroatoms. The van der Waals surface area contributed by atoms with Crippen LogP contribution in [0.3, 0.4) is 0 Å². The molecule has 2 rings (SSSR count). The van der Waals surface area contributed by atoms with E-state index >= 15 is 0 Å². The summed E-state index contributed by atoms with van der Waals surface area (Å²) < 4.78 is 0. The summed E-state index contributed by atoms with van der Waals surface area (Å²) in [5, 5.41) is 0. The molecule has 2 nitrogen and oxygen atoms in total. The lowest BCUT2D eigenvalue weighted by molar-refractivity contribution is -0.115. The highest BCUT2D eigenvalue weighted by molar-refractivity contribution is 5.90. The van der Waals surface area contributed by atoms with E-state index in [-0.39, 0.29) is 11.6 Å². The highest BCUT2D eigenvalue weighted by Gasteiger charge is 2.00. The van der Waals surface area contributed by atoms with Crippen molar-refractivity contribution in [2.75, 3.05) is 0 Å². The fraction of sp³-hybridized carbons (Fsp3) is 0.308. The van der Waals surface area contributed by atoms with Gasteiger partial charge in [-0.15, -0.1) is 0 Å². The van der Waals surface area contributed by atoms with Crippen molar-refractivity contribution in [2.45, 2.75) is 51.4 Å². The number of ketones is 2. The maximum atomic E-state index is 11.9. The minimum absolute atomic E-state index is 0.191. The topological polar surface area (TPSA) is 34.1 Å². The molecule has 0 spiro atoms. The van der Waals surface area contributed by atoms with Crippen molar-refractivity contribution in [1.29, 1.82) is 0 Å². The van der Waals surface area contributed by atoms with Crippen molar-refractivity contribution in [3.63, 3.8) is 0 Å². The number of unbranched alkanes of at least 4 members (excludes halogenated alkanes) is 3. The van der Waals surface area contributed by atoms with E-state index in [9.17, 15) is 9.59 Å². The minimum atomic E-state index is 0.191. The fourth-order valence-corrected chi connectivity index (χ4v) is 3.00. The molecule has 0 fully saturated rings. The molecule has 2 aromatic carbocycles. The molecular formula is C26H30O2. The average Bonchev–Trinajstić information content (AvgIpc) is 2.72. The highest BCUT2D eigenvalue weighted by atomic mass is 16.1. The van der Waals surface area contributed by atoms with Crippen LogP contribution >= 0.6 is 0 Å². The summed E-state index contributed by atoms with van der Waals surface area (Å²) in [6.07, 6.45) is 13.9.